The predicted molar refractivity (Wildman–Crippen MR) is 87.3 cm³/mol. The Morgan fingerprint density at radius 1 is 1.39 bits per heavy atom. The van der Waals surface area contributed by atoms with E-state index in [4.69, 9.17) is 5.26 Å². The first-order chi connectivity index (χ1) is 11.2. The summed E-state index contributed by atoms with van der Waals surface area (Å²) < 4.78 is 1.53. The summed E-state index contributed by atoms with van der Waals surface area (Å²) in [6.07, 6.45) is 6.87. The molecule has 0 aromatic carbocycles. The van der Waals surface area contributed by atoms with Gasteiger partial charge in [0.25, 0.3) is 5.56 Å². The lowest BCUT2D eigenvalue weighted by Gasteiger charge is -2.33. The molecule has 1 aliphatic heterocycles. The van der Waals surface area contributed by atoms with Crippen LogP contribution in [0.2, 0.25) is 0 Å². The van der Waals surface area contributed by atoms with Gasteiger partial charge in [-0.15, -0.1) is 0 Å². The van der Waals surface area contributed by atoms with E-state index in [1.165, 1.54) is 4.57 Å². The maximum absolute atomic E-state index is 12.2. The summed E-state index contributed by atoms with van der Waals surface area (Å²) in [5.41, 5.74) is 0.432. The van der Waals surface area contributed by atoms with Crippen molar-refractivity contribution in [3.05, 3.63) is 46.6 Å². The van der Waals surface area contributed by atoms with E-state index in [1.54, 1.807) is 37.8 Å². The van der Waals surface area contributed by atoms with Gasteiger partial charge in [0.05, 0.1) is 5.56 Å². The van der Waals surface area contributed by atoms with Crippen LogP contribution < -0.4 is 15.8 Å². The number of nitrogens with one attached hydrogen (secondary N) is 1. The maximum Gasteiger partial charge on any atom is 0.293 e. The highest BCUT2D eigenvalue weighted by atomic mass is 16.1. The van der Waals surface area contributed by atoms with E-state index in [0.717, 1.165) is 19.4 Å². The molecule has 3 rings (SSSR count). The van der Waals surface area contributed by atoms with Crippen molar-refractivity contribution in [2.45, 2.75) is 18.9 Å². The molecule has 1 aliphatic rings. The molecule has 1 atom stereocenters. The van der Waals surface area contributed by atoms with Crippen LogP contribution >= 0.6 is 0 Å². The summed E-state index contributed by atoms with van der Waals surface area (Å²) in [6, 6.07) is 5.75. The molecule has 2 aromatic heterocycles. The van der Waals surface area contributed by atoms with Gasteiger partial charge in [-0.2, -0.15) is 5.26 Å². The summed E-state index contributed by atoms with van der Waals surface area (Å²) in [7, 11) is 1.72. The number of piperidine rings is 1. The van der Waals surface area contributed by atoms with Crippen molar-refractivity contribution in [1.29, 1.82) is 5.26 Å². The van der Waals surface area contributed by atoms with Crippen LogP contribution in [-0.2, 0) is 7.05 Å². The van der Waals surface area contributed by atoms with E-state index in [1.807, 2.05) is 4.90 Å². The lowest BCUT2D eigenvalue weighted by atomic mass is 10.1. The van der Waals surface area contributed by atoms with E-state index >= 15 is 0 Å². The Balaban J connectivity index is 1.78. The van der Waals surface area contributed by atoms with Crippen molar-refractivity contribution in [2.75, 3.05) is 23.3 Å². The average Bonchev–Trinajstić information content (AvgIpc) is 2.58. The third-order valence-electron chi connectivity index (χ3n) is 3.99. The van der Waals surface area contributed by atoms with Crippen LogP contribution in [0.3, 0.4) is 0 Å². The highest BCUT2D eigenvalue weighted by Crippen LogP contribution is 2.19. The van der Waals surface area contributed by atoms with E-state index in [-0.39, 0.29) is 11.6 Å². The highest BCUT2D eigenvalue weighted by molar-refractivity contribution is 5.52. The number of nitriles is 1. The van der Waals surface area contributed by atoms with Gasteiger partial charge in [-0.3, -0.25) is 4.79 Å². The Bertz CT molecular complexity index is 794. The van der Waals surface area contributed by atoms with Crippen molar-refractivity contribution < 1.29 is 0 Å². The first-order valence-corrected chi connectivity index (χ1v) is 7.57. The minimum absolute atomic E-state index is 0.0938. The van der Waals surface area contributed by atoms with Crippen molar-refractivity contribution >= 4 is 11.6 Å². The molecule has 1 N–H and O–H groups in total. The number of pyridine rings is 1. The van der Waals surface area contributed by atoms with Crippen LogP contribution in [0.5, 0.6) is 0 Å². The van der Waals surface area contributed by atoms with Gasteiger partial charge < -0.3 is 14.8 Å². The summed E-state index contributed by atoms with van der Waals surface area (Å²) >= 11 is 0. The van der Waals surface area contributed by atoms with Gasteiger partial charge in [-0.25, -0.2) is 9.97 Å². The van der Waals surface area contributed by atoms with Gasteiger partial charge in [0.1, 0.15) is 11.9 Å². The zero-order valence-electron chi connectivity index (χ0n) is 12.9. The second-order valence-corrected chi connectivity index (χ2v) is 5.61. The fourth-order valence-electron chi connectivity index (χ4n) is 2.79. The molecular weight excluding hydrogens is 292 g/mol. The molecule has 0 radical (unpaired) electrons. The molecule has 0 aliphatic carbocycles. The number of aryl methyl sites for hydroxylation is 1. The zero-order valence-corrected chi connectivity index (χ0v) is 12.9. The molecule has 7 heteroatoms. The SMILES string of the molecule is Cn1ccnc(N2CCC[C@H](Nc3ncccc3C#N)C2)c1=O. The fourth-order valence-corrected chi connectivity index (χ4v) is 2.79. The largest absolute Gasteiger partial charge is 0.364 e. The van der Waals surface area contributed by atoms with Crippen LogP contribution in [0.15, 0.2) is 35.5 Å². The third kappa shape index (κ3) is 3.16. The smallest absolute Gasteiger partial charge is 0.293 e. The molecule has 2 aromatic rings. The molecule has 118 valence electrons. The molecule has 3 heterocycles. The van der Waals surface area contributed by atoms with Gasteiger partial charge in [0.2, 0.25) is 0 Å². The Hall–Kier alpha value is -2.88. The maximum atomic E-state index is 12.2. The van der Waals surface area contributed by atoms with Crippen molar-refractivity contribution in [2.24, 2.45) is 7.05 Å². The monoisotopic (exact) mass is 310 g/mol. The second kappa shape index (κ2) is 6.48. The molecule has 1 fully saturated rings. The topological polar surface area (TPSA) is 86.8 Å². The summed E-state index contributed by atoms with van der Waals surface area (Å²) in [4.78, 5) is 22.7. The van der Waals surface area contributed by atoms with Gasteiger partial charge in [0.15, 0.2) is 5.82 Å². The van der Waals surface area contributed by atoms with E-state index in [2.05, 4.69) is 21.4 Å². The van der Waals surface area contributed by atoms with Crippen LogP contribution in [0.1, 0.15) is 18.4 Å². The molecule has 1 saturated heterocycles. The predicted octanol–water partition coefficient (Wildman–Crippen LogP) is 1.13. The lowest BCUT2D eigenvalue weighted by molar-refractivity contribution is 0.522. The van der Waals surface area contributed by atoms with E-state index < -0.39 is 0 Å². The average molecular weight is 310 g/mol. The van der Waals surface area contributed by atoms with Crippen LogP contribution in [-0.4, -0.2) is 33.7 Å². The Kier molecular flexibility index (Phi) is 4.24. The minimum atomic E-state index is -0.0938. The zero-order chi connectivity index (χ0) is 16.2. The number of anilines is 2. The van der Waals surface area contributed by atoms with Crippen LogP contribution in [0.25, 0.3) is 0 Å². The van der Waals surface area contributed by atoms with Crippen molar-refractivity contribution in [3.8, 4) is 6.07 Å². The van der Waals surface area contributed by atoms with Gasteiger partial charge in [-0.1, -0.05) is 0 Å². The highest BCUT2D eigenvalue weighted by Gasteiger charge is 2.23. The van der Waals surface area contributed by atoms with Gasteiger partial charge in [-0.05, 0) is 25.0 Å². The molecule has 0 amide bonds. The standard InChI is InChI=1S/C16H18N6O/c1-21-9-7-19-15(16(21)23)22-8-3-5-13(11-22)20-14-12(10-17)4-2-6-18-14/h2,4,6-7,9,13H,3,5,8,11H2,1H3,(H,18,20)/t13-/m0/s1. The first-order valence-electron chi connectivity index (χ1n) is 7.57. The Morgan fingerprint density at radius 3 is 3.09 bits per heavy atom. The van der Waals surface area contributed by atoms with E-state index in [9.17, 15) is 4.79 Å². The second-order valence-electron chi connectivity index (χ2n) is 5.61. The number of hydrogen-bond donors (Lipinski definition) is 1. The van der Waals surface area contributed by atoms with Gasteiger partial charge >= 0.3 is 0 Å². The molecule has 0 saturated carbocycles. The minimum Gasteiger partial charge on any atom is -0.364 e. The van der Waals surface area contributed by atoms with Crippen molar-refractivity contribution in [1.82, 2.24) is 14.5 Å². The molecule has 0 unspecified atom stereocenters. The quantitative estimate of drug-likeness (QED) is 0.914. The number of hydrogen-bond acceptors (Lipinski definition) is 6. The Morgan fingerprint density at radius 2 is 2.26 bits per heavy atom. The molecular formula is C16H18N6O. The molecule has 0 spiro atoms. The first kappa shape index (κ1) is 15.0. The summed E-state index contributed by atoms with van der Waals surface area (Å²) in [5, 5.41) is 12.5. The fraction of sp³-hybridized carbons (Fsp3) is 0.375. The summed E-state index contributed by atoms with van der Waals surface area (Å²) in [5.74, 6) is 1.07. The molecule has 7 nitrogen and oxygen atoms in total. The van der Waals surface area contributed by atoms with Crippen molar-refractivity contribution in [3.63, 3.8) is 0 Å². The lowest BCUT2D eigenvalue weighted by Crippen LogP contribution is -2.45. The third-order valence-corrected chi connectivity index (χ3v) is 3.99. The van der Waals surface area contributed by atoms with E-state index in [0.29, 0.717) is 23.7 Å². The van der Waals surface area contributed by atoms with Crippen LogP contribution in [0.4, 0.5) is 11.6 Å². The summed E-state index contributed by atoms with van der Waals surface area (Å²) in [6.45, 7) is 1.46. The number of nitrogens with zero attached hydrogens (tertiary/aromatic N) is 5. The molecule has 23 heavy (non-hydrogen) atoms. The number of rotatable bonds is 3. The van der Waals surface area contributed by atoms with Gasteiger partial charge in [0, 0.05) is 44.8 Å². The molecule has 0 bridgehead atoms. The Labute approximate surface area is 134 Å². The normalized spacial score (nSPS) is 17.6. The number of aromatic nitrogens is 3. The van der Waals surface area contributed by atoms with Crippen LogP contribution in [0, 0.1) is 11.3 Å².